The molecule has 0 aromatic carbocycles. The summed E-state index contributed by atoms with van der Waals surface area (Å²) in [5.74, 6) is 0. The van der Waals surface area contributed by atoms with E-state index in [1.54, 1.807) is 4.90 Å². The predicted octanol–water partition coefficient (Wildman–Crippen LogP) is 3.21. The van der Waals surface area contributed by atoms with Crippen LogP contribution < -0.4 is 5.32 Å². The summed E-state index contributed by atoms with van der Waals surface area (Å²) >= 11 is 0. The van der Waals surface area contributed by atoms with Crippen molar-refractivity contribution in [3.8, 4) is 0 Å². The van der Waals surface area contributed by atoms with E-state index in [0.29, 0.717) is 6.54 Å². The van der Waals surface area contributed by atoms with Crippen molar-refractivity contribution in [2.45, 2.75) is 77.5 Å². The first-order chi connectivity index (χ1) is 9.53. The molecule has 1 atom stereocenters. The fourth-order valence-corrected chi connectivity index (χ4v) is 2.79. The zero-order valence-corrected chi connectivity index (χ0v) is 13.7. The monoisotopic (exact) mass is 300 g/mol. The maximum absolute atomic E-state index is 11.5. The number of hydrogen-bond donors (Lipinski definition) is 2. The lowest BCUT2D eigenvalue weighted by molar-refractivity contribution is 0.0522. The molecular formula is C15H28N2O4. The minimum absolute atomic E-state index is 0.0398. The minimum Gasteiger partial charge on any atom is -0.465 e. The number of nitrogens with one attached hydrogen (secondary N) is 1. The van der Waals surface area contributed by atoms with Gasteiger partial charge in [-0.15, -0.1) is 0 Å². The van der Waals surface area contributed by atoms with Gasteiger partial charge >= 0.3 is 12.2 Å². The number of carbonyl (C=O) groups excluding carboxylic acids is 1. The van der Waals surface area contributed by atoms with Crippen LogP contribution in [-0.4, -0.2) is 45.9 Å². The van der Waals surface area contributed by atoms with E-state index < -0.39 is 17.8 Å². The second-order valence-electron chi connectivity index (χ2n) is 7.23. The molecule has 21 heavy (non-hydrogen) atoms. The number of ether oxygens (including phenoxy) is 1. The molecule has 1 unspecified atom stereocenters. The van der Waals surface area contributed by atoms with Gasteiger partial charge in [0.05, 0.1) is 0 Å². The summed E-state index contributed by atoms with van der Waals surface area (Å²) in [6.45, 7) is 9.87. The lowest BCUT2D eigenvalue weighted by Crippen LogP contribution is -2.46. The Hall–Kier alpha value is -1.46. The fourth-order valence-electron chi connectivity index (χ4n) is 2.79. The van der Waals surface area contributed by atoms with Crippen LogP contribution in [0.4, 0.5) is 9.59 Å². The van der Waals surface area contributed by atoms with Gasteiger partial charge in [0.2, 0.25) is 0 Å². The smallest absolute Gasteiger partial charge is 0.407 e. The van der Waals surface area contributed by atoms with E-state index in [-0.39, 0.29) is 11.6 Å². The van der Waals surface area contributed by atoms with Gasteiger partial charge in [-0.25, -0.2) is 9.59 Å². The summed E-state index contributed by atoms with van der Waals surface area (Å²) in [5, 5.41) is 12.0. The van der Waals surface area contributed by atoms with Crippen LogP contribution in [0.2, 0.25) is 0 Å². The van der Waals surface area contributed by atoms with Gasteiger partial charge < -0.3 is 20.1 Å². The third-order valence-corrected chi connectivity index (χ3v) is 3.70. The average molecular weight is 300 g/mol. The molecule has 0 aliphatic carbocycles. The first-order valence-electron chi connectivity index (χ1n) is 7.52. The van der Waals surface area contributed by atoms with E-state index >= 15 is 0 Å². The van der Waals surface area contributed by atoms with E-state index in [2.05, 4.69) is 5.32 Å². The van der Waals surface area contributed by atoms with Crippen molar-refractivity contribution >= 4 is 12.2 Å². The zero-order chi connectivity index (χ0) is 16.3. The number of carboxylic acid groups (broad SMARTS) is 1. The van der Waals surface area contributed by atoms with Gasteiger partial charge in [0, 0.05) is 18.1 Å². The summed E-state index contributed by atoms with van der Waals surface area (Å²) in [4.78, 5) is 24.4. The molecule has 2 N–H and O–H groups in total. The van der Waals surface area contributed by atoms with E-state index in [9.17, 15) is 14.7 Å². The van der Waals surface area contributed by atoms with Gasteiger partial charge in [0.1, 0.15) is 5.60 Å². The molecule has 0 radical (unpaired) electrons. The number of hydrogen-bond acceptors (Lipinski definition) is 3. The Morgan fingerprint density at radius 1 is 1.38 bits per heavy atom. The van der Waals surface area contributed by atoms with Crippen molar-refractivity contribution in [3.63, 3.8) is 0 Å². The van der Waals surface area contributed by atoms with Crippen LogP contribution in [0.3, 0.4) is 0 Å². The molecule has 0 aromatic heterocycles. The number of rotatable bonds is 4. The van der Waals surface area contributed by atoms with Gasteiger partial charge in [0.25, 0.3) is 0 Å². The number of alkyl carbamates (subject to hydrolysis) is 1. The molecule has 1 saturated heterocycles. The Balaban J connectivity index is 2.33. The molecule has 0 saturated carbocycles. The molecule has 6 nitrogen and oxygen atoms in total. The minimum atomic E-state index is -0.859. The highest BCUT2D eigenvalue weighted by atomic mass is 16.6. The molecule has 6 heteroatoms. The van der Waals surface area contributed by atoms with E-state index in [4.69, 9.17) is 4.74 Å². The zero-order valence-electron chi connectivity index (χ0n) is 13.7. The van der Waals surface area contributed by atoms with E-state index in [1.165, 1.54) is 0 Å². The summed E-state index contributed by atoms with van der Waals surface area (Å²) in [7, 11) is 0. The second kappa shape index (κ2) is 6.54. The Morgan fingerprint density at radius 2 is 2.00 bits per heavy atom. The molecule has 1 aliphatic heterocycles. The van der Waals surface area contributed by atoms with Crippen molar-refractivity contribution < 1.29 is 19.4 Å². The third kappa shape index (κ3) is 5.44. The highest BCUT2D eigenvalue weighted by molar-refractivity contribution is 5.67. The number of likely N-dealkylation sites (tertiary alicyclic amines) is 1. The Kier molecular flexibility index (Phi) is 5.48. The molecule has 1 fully saturated rings. The largest absolute Gasteiger partial charge is 0.465 e. The Bertz CT molecular complexity index is 388. The lowest BCUT2D eigenvalue weighted by Gasteiger charge is -2.33. The first-order valence-corrected chi connectivity index (χ1v) is 7.52. The summed E-state index contributed by atoms with van der Waals surface area (Å²) < 4.78 is 5.15. The second-order valence-corrected chi connectivity index (χ2v) is 7.23. The summed E-state index contributed by atoms with van der Waals surface area (Å²) in [5.41, 5.74) is -0.797. The molecule has 1 aliphatic rings. The van der Waals surface area contributed by atoms with Crippen molar-refractivity contribution in [2.75, 3.05) is 6.54 Å². The van der Waals surface area contributed by atoms with Crippen LogP contribution in [0, 0.1) is 0 Å². The highest BCUT2D eigenvalue weighted by Gasteiger charge is 2.42. The maximum Gasteiger partial charge on any atom is 0.407 e. The quantitative estimate of drug-likeness (QED) is 0.781. The van der Waals surface area contributed by atoms with Crippen LogP contribution in [-0.2, 0) is 4.74 Å². The molecule has 1 heterocycles. The van der Waals surface area contributed by atoms with Crippen LogP contribution in [0.5, 0.6) is 0 Å². The van der Waals surface area contributed by atoms with Crippen LogP contribution in [0.1, 0.15) is 60.3 Å². The Morgan fingerprint density at radius 3 is 2.52 bits per heavy atom. The normalized spacial score (nSPS) is 21.2. The standard InChI is InChI=1S/C15H28N2O4/c1-14(2,3)21-12(18)16-10-6-7-11-8-9-15(4,5)17(11)13(19)20/h11H,6-10H2,1-5H3,(H,16,18)(H,19,20). The van der Waals surface area contributed by atoms with E-state index in [1.807, 2.05) is 34.6 Å². The molecular weight excluding hydrogens is 272 g/mol. The van der Waals surface area contributed by atoms with Crippen LogP contribution in [0.15, 0.2) is 0 Å². The van der Waals surface area contributed by atoms with Crippen molar-refractivity contribution in [2.24, 2.45) is 0 Å². The lowest BCUT2D eigenvalue weighted by atomic mass is 10.0. The number of amides is 2. The van der Waals surface area contributed by atoms with Gasteiger partial charge in [-0.1, -0.05) is 0 Å². The van der Waals surface area contributed by atoms with Gasteiger partial charge in [-0.2, -0.15) is 0 Å². The average Bonchev–Trinajstić information content (AvgIpc) is 2.57. The molecule has 0 spiro atoms. The van der Waals surface area contributed by atoms with Crippen LogP contribution in [0.25, 0.3) is 0 Å². The number of nitrogens with zero attached hydrogens (tertiary/aromatic N) is 1. The molecule has 1 rings (SSSR count). The summed E-state index contributed by atoms with van der Waals surface area (Å²) in [6.07, 6.45) is 1.97. The van der Waals surface area contributed by atoms with Crippen molar-refractivity contribution in [1.82, 2.24) is 10.2 Å². The van der Waals surface area contributed by atoms with E-state index in [0.717, 1.165) is 25.7 Å². The molecule has 0 aromatic rings. The van der Waals surface area contributed by atoms with Crippen molar-refractivity contribution in [3.05, 3.63) is 0 Å². The topological polar surface area (TPSA) is 78.9 Å². The first kappa shape index (κ1) is 17.6. The van der Waals surface area contributed by atoms with Gasteiger partial charge in [0.15, 0.2) is 0 Å². The molecule has 2 amide bonds. The fraction of sp³-hybridized carbons (Fsp3) is 0.867. The summed E-state index contributed by atoms with van der Waals surface area (Å²) in [6, 6.07) is 0.0398. The molecule has 122 valence electrons. The van der Waals surface area contributed by atoms with Gasteiger partial charge in [-0.3, -0.25) is 0 Å². The number of carbonyl (C=O) groups is 2. The Labute approximate surface area is 126 Å². The van der Waals surface area contributed by atoms with Crippen molar-refractivity contribution in [1.29, 1.82) is 0 Å². The van der Waals surface area contributed by atoms with Gasteiger partial charge in [-0.05, 0) is 60.3 Å². The SMILES string of the molecule is CC(C)(C)OC(=O)NCCCC1CCC(C)(C)N1C(=O)O. The highest BCUT2D eigenvalue weighted by Crippen LogP contribution is 2.35. The predicted molar refractivity (Wildman–Crippen MR) is 80.4 cm³/mol. The molecule has 0 bridgehead atoms. The third-order valence-electron chi connectivity index (χ3n) is 3.70. The maximum atomic E-state index is 11.5. The van der Waals surface area contributed by atoms with Crippen LogP contribution >= 0.6 is 0 Å².